The zero-order chi connectivity index (χ0) is 15.0. The Hall–Kier alpha value is -1.69. The van der Waals surface area contributed by atoms with E-state index in [4.69, 9.17) is 9.97 Å². The van der Waals surface area contributed by atoms with Crippen molar-refractivity contribution in [1.82, 2.24) is 19.8 Å². The van der Waals surface area contributed by atoms with E-state index >= 15 is 0 Å². The molecule has 1 N–H and O–H groups in total. The Labute approximate surface area is 125 Å². The molecule has 21 heavy (non-hydrogen) atoms. The maximum absolute atomic E-state index is 11.8. The molecule has 0 aliphatic carbocycles. The van der Waals surface area contributed by atoms with Gasteiger partial charge in [0.1, 0.15) is 5.82 Å². The third kappa shape index (κ3) is 2.60. The summed E-state index contributed by atoms with van der Waals surface area (Å²) in [6, 6.07) is 0.0413. The number of nitrogens with zero attached hydrogens (tertiary/aromatic N) is 4. The Morgan fingerprint density at radius 2 is 2.14 bits per heavy atom. The second kappa shape index (κ2) is 5.60. The average Bonchev–Trinajstić information content (AvgIpc) is 2.95. The van der Waals surface area contributed by atoms with Crippen LogP contribution in [0, 0.1) is 0 Å². The van der Waals surface area contributed by atoms with Crippen molar-refractivity contribution >= 4 is 11.7 Å². The van der Waals surface area contributed by atoms with Gasteiger partial charge in [-0.3, -0.25) is 4.79 Å². The number of likely N-dealkylation sites (tertiary alicyclic amines) is 1. The lowest BCUT2D eigenvalue weighted by Gasteiger charge is -2.28. The number of amides is 1. The number of anilines is 1. The molecule has 1 atom stereocenters. The van der Waals surface area contributed by atoms with E-state index in [-0.39, 0.29) is 11.9 Å². The number of aromatic nitrogens is 2. The van der Waals surface area contributed by atoms with Crippen LogP contribution in [0.3, 0.4) is 0 Å². The summed E-state index contributed by atoms with van der Waals surface area (Å²) in [6.07, 6.45) is 2.94. The van der Waals surface area contributed by atoms with Crippen LogP contribution in [0.25, 0.3) is 0 Å². The first-order chi connectivity index (χ1) is 10.1. The molecule has 3 rings (SSSR count). The third-order valence-corrected chi connectivity index (χ3v) is 4.46. The van der Waals surface area contributed by atoms with E-state index in [0.29, 0.717) is 0 Å². The molecule has 3 heterocycles. The first kappa shape index (κ1) is 14.3. The van der Waals surface area contributed by atoms with Crippen molar-refractivity contribution in [3.63, 3.8) is 0 Å². The highest BCUT2D eigenvalue weighted by Gasteiger charge is 2.31. The van der Waals surface area contributed by atoms with Gasteiger partial charge in [0.2, 0.25) is 5.91 Å². The standard InChI is InChI=1S/C15H23N5O/c1-10(21)20-7-4-5-13(20)15-17-12-6-8-19(3)9-11(12)14(16-2)18-15/h13H,4-9H2,1-3H3,(H,16,17,18). The Kier molecular flexibility index (Phi) is 3.80. The minimum Gasteiger partial charge on any atom is -0.373 e. The van der Waals surface area contributed by atoms with E-state index < -0.39 is 0 Å². The largest absolute Gasteiger partial charge is 0.373 e. The fourth-order valence-corrected chi connectivity index (χ4v) is 3.34. The lowest BCUT2D eigenvalue weighted by molar-refractivity contribution is -0.129. The molecule has 0 saturated carbocycles. The van der Waals surface area contributed by atoms with Gasteiger partial charge in [-0.1, -0.05) is 0 Å². The van der Waals surface area contributed by atoms with Crippen LogP contribution < -0.4 is 5.32 Å². The molecule has 6 heteroatoms. The van der Waals surface area contributed by atoms with Crippen LogP contribution >= 0.6 is 0 Å². The average molecular weight is 289 g/mol. The van der Waals surface area contributed by atoms with Crippen LogP contribution in [-0.4, -0.2) is 52.9 Å². The molecule has 0 bridgehead atoms. The lowest BCUT2D eigenvalue weighted by atomic mass is 10.1. The number of hydrogen-bond acceptors (Lipinski definition) is 5. The van der Waals surface area contributed by atoms with Crippen molar-refractivity contribution in [2.75, 3.05) is 32.5 Å². The topological polar surface area (TPSA) is 61.4 Å². The number of likely N-dealkylation sites (N-methyl/N-ethyl adjacent to an activating group) is 1. The zero-order valence-electron chi connectivity index (χ0n) is 13.0. The van der Waals surface area contributed by atoms with Crippen LogP contribution in [0.5, 0.6) is 0 Å². The molecule has 1 fully saturated rings. The zero-order valence-corrected chi connectivity index (χ0v) is 13.0. The van der Waals surface area contributed by atoms with Crippen molar-refractivity contribution in [3.8, 4) is 0 Å². The van der Waals surface area contributed by atoms with Gasteiger partial charge in [0.25, 0.3) is 0 Å². The van der Waals surface area contributed by atoms with Crippen LogP contribution in [0.15, 0.2) is 0 Å². The van der Waals surface area contributed by atoms with Gasteiger partial charge in [0.05, 0.1) is 11.7 Å². The second-order valence-corrected chi connectivity index (χ2v) is 5.96. The van der Waals surface area contributed by atoms with Gasteiger partial charge in [-0.05, 0) is 19.9 Å². The first-order valence-electron chi connectivity index (χ1n) is 7.63. The van der Waals surface area contributed by atoms with Crippen molar-refractivity contribution < 1.29 is 4.79 Å². The summed E-state index contributed by atoms with van der Waals surface area (Å²) in [7, 11) is 4.02. The summed E-state index contributed by atoms with van der Waals surface area (Å²) in [5.41, 5.74) is 2.33. The summed E-state index contributed by atoms with van der Waals surface area (Å²) in [5, 5.41) is 3.20. The second-order valence-electron chi connectivity index (χ2n) is 5.96. The van der Waals surface area contributed by atoms with Gasteiger partial charge >= 0.3 is 0 Å². The Morgan fingerprint density at radius 1 is 1.33 bits per heavy atom. The van der Waals surface area contributed by atoms with Gasteiger partial charge in [-0.15, -0.1) is 0 Å². The van der Waals surface area contributed by atoms with E-state index in [1.54, 1.807) is 6.92 Å². The molecule has 1 saturated heterocycles. The molecule has 1 amide bonds. The first-order valence-corrected chi connectivity index (χ1v) is 7.63. The van der Waals surface area contributed by atoms with Crippen molar-refractivity contribution in [2.45, 2.75) is 38.8 Å². The molecule has 0 spiro atoms. The summed E-state index contributed by atoms with van der Waals surface area (Å²) < 4.78 is 0. The normalized spacial score (nSPS) is 22.2. The summed E-state index contributed by atoms with van der Waals surface area (Å²) >= 11 is 0. The highest BCUT2D eigenvalue weighted by atomic mass is 16.2. The predicted octanol–water partition coefficient (Wildman–Crippen LogP) is 1.19. The number of nitrogens with one attached hydrogen (secondary N) is 1. The number of carbonyl (C=O) groups excluding carboxylic acids is 1. The predicted molar refractivity (Wildman–Crippen MR) is 81.0 cm³/mol. The molecule has 0 radical (unpaired) electrons. The number of carbonyl (C=O) groups is 1. The number of hydrogen-bond donors (Lipinski definition) is 1. The molecule has 2 aliphatic rings. The molecule has 114 valence electrons. The van der Waals surface area contributed by atoms with Crippen LogP contribution in [0.1, 0.15) is 42.9 Å². The molecule has 6 nitrogen and oxygen atoms in total. The van der Waals surface area contributed by atoms with E-state index in [1.807, 2.05) is 11.9 Å². The van der Waals surface area contributed by atoms with Gasteiger partial charge in [-0.25, -0.2) is 9.97 Å². The maximum atomic E-state index is 11.8. The fourth-order valence-electron chi connectivity index (χ4n) is 3.34. The van der Waals surface area contributed by atoms with Crippen LogP contribution in [0.2, 0.25) is 0 Å². The highest BCUT2D eigenvalue weighted by molar-refractivity contribution is 5.74. The van der Waals surface area contributed by atoms with Crippen LogP contribution in [0.4, 0.5) is 5.82 Å². The fraction of sp³-hybridized carbons (Fsp3) is 0.667. The maximum Gasteiger partial charge on any atom is 0.220 e. The molecular weight excluding hydrogens is 266 g/mol. The van der Waals surface area contributed by atoms with E-state index in [2.05, 4.69) is 17.3 Å². The molecule has 1 unspecified atom stereocenters. The van der Waals surface area contributed by atoms with Crippen molar-refractivity contribution in [2.24, 2.45) is 0 Å². The molecule has 0 aromatic carbocycles. The minimum absolute atomic E-state index is 0.0413. The lowest BCUT2D eigenvalue weighted by Crippen LogP contribution is -2.32. The SMILES string of the molecule is CNc1nc(C2CCCN2C(C)=O)nc2c1CN(C)CC2. The summed E-state index contributed by atoms with van der Waals surface area (Å²) in [6.45, 7) is 4.35. The Balaban J connectivity index is 1.99. The summed E-state index contributed by atoms with van der Waals surface area (Å²) in [5.74, 6) is 1.83. The number of fused-ring (bicyclic) bond motifs is 1. The monoisotopic (exact) mass is 289 g/mol. The molecule has 2 aliphatic heterocycles. The summed E-state index contributed by atoms with van der Waals surface area (Å²) in [4.78, 5) is 25.5. The Bertz CT molecular complexity index is 542. The third-order valence-electron chi connectivity index (χ3n) is 4.46. The van der Waals surface area contributed by atoms with E-state index in [1.165, 1.54) is 5.56 Å². The quantitative estimate of drug-likeness (QED) is 0.886. The Morgan fingerprint density at radius 3 is 2.86 bits per heavy atom. The smallest absolute Gasteiger partial charge is 0.220 e. The van der Waals surface area contributed by atoms with Crippen molar-refractivity contribution in [3.05, 3.63) is 17.1 Å². The van der Waals surface area contributed by atoms with Gasteiger partial charge in [-0.2, -0.15) is 0 Å². The van der Waals surface area contributed by atoms with Gasteiger partial charge in [0, 0.05) is 45.6 Å². The minimum atomic E-state index is 0.0413. The molecule has 1 aromatic rings. The van der Waals surface area contributed by atoms with E-state index in [0.717, 1.165) is 56.2 Å². The molecular formula is C15H23N5O. The molecule has 1 aromatic heterocycles. The highest BCUT2D eigenvalue weighted by Crippen LogP contribution is 2.32. The van der Waals surface area contributed by atoms with Crippen molar-refractivity contribution in [1.29, 1.82) is 0 Å². The van der Waals surface area contributed by atoms with Gasteiger partial charge in [0.15, 0.2) is 5.82 Å². The van der Waals surface area contributed by atoms with E-state index in [9.17, 15) is 4.79 Å². The number of rotatable bonds is 2. The van der Waals surface area contributed by atoms with Gasteiger partial charge < -0.3 is 15.1 Å². The van der Waals surface area contributed by atoms with Crippen LogP contribution in [-0.2, 0) is 17.8 Å².